The van der Waals surface area contributed by atoms with E-state index in [0.717, 1.165) is 50.0 Å². The van der Waals surface area contributed by atoms with E-state index in [1.54, 1.807) is 26.0 Å². The maximum atomic E-state index is 10.9. The van der Waals surface area contributed by atoms with Crippen LogP contribution >= 0.6 is 0 Å². The van der Waals surface area contributed by atoms with Gasteiger partial charge in [0.1, 0.15) is 5.75 Å². The van der Waals surface area contributed by atoms with Gasteiger partial charge in [0, 0.05) is 5.41 Å². The molecule has 1 aromatic carbocycles. The molecule has 0 saturated heterocycles. The van der Waals surface area contributed by atoms with Crippen LogP contribution in [0, 0.1) is 11.3 Å². The summed E-state index contributed by atoms with van der Waals surface area (Å²) < 4.78 is 5.81. The first-order valence-electron chi connectivity index (χ1n) is 8.91. The Hall–Kier alpha value is -1.04. The first-order valence-corrected chi connectivity index (χ1v) is 8.91. The first kappa shape index (κ1) is 17.8. The van der Waals surface area contributed by atoms with Crippen molar-refractivity contribution in [1.82, 2.24) is 0 Å². The molecule has 2 radical (unpaired) electrons. The number of nitrogens with two attached hydrogens (primary N) is 1. The molecule has 0 aromatic heterocycles. The van der Waals surface area contributed by atoms with Gasteiger partial charge in [-0.3, -0.25) is 0 Å². The van der Waals surface area contributed by atoms with Crippen molar-refractivity contribution in [3.63, 3.8) is 0 Å². The summed E-state index contributed by atoms with van der Waals surface area (Å²) in [7, 11) is 6.23. The molecule has 5 heteroatoms. The van der Waals surface area contributed by atoms with Crippen LogP contribution in [0.2, 0.25) is 0 Å². The Labute approximate surface area is 145 Å². The highest BCUT2D eigenvalue weighted by molar-refractivity contribution is 6.14. The second-order valence-corrected chi connectivity index (χ2v) is 8.26. The molecule has 24 heavy (non-hydrogen) atoms. The summed E-state index contributed by atoms with van der Waals surface area (Å²) >= 11 is 0. The summed E-state index contributed by atoms with van der Waals surface area (Å²) in [5.74, 6) is 1.32. The molecule has 3 aliphatic carbocycles. The van der Waals surface area contributed by atoms with Gasteiger partial charge in [-0.05, 0) is 76.0 Å². The zero-order chi connectivity index (χ0) is 17.6. The molecule has 3 aliphatic rings. The van der Waals surface area contributed by atoms with Crippen LogP contribution in [0.5, 0.6) is 5.75 Å². The number of benzene rings is 1. The monoisotopic (exact) mass is 329 g/mol. The van der Waals surface area contributed by atoms with Crippen molar-refractivity contribution in [2.45, 2.75) is 69.7 Å². The van der Waals surface area contributed by atoms with Gasteiger partial charge in [-0.15, -0.1) is 0 Å². The van der Waals surface area contributed by atoms with Crippen molar-refractivity contribution in [2.75, 3.05) is 0 Å². The normalized spacial score (nSPS) is 30.6. The predicted octanol–water partition coefficient (Wildman–Crippen LogP) is 2.62. The third-order valence-corrected chi connectivity index (χ3v) is 6.13. The fourth-order valence-corrected chi connectivity index (χ4v) is 4.23. The molecule has 0 spiro atoms. The molecule has 2 bridgehead atoms. The Morgan fingerprint density at radius 3 is 2.08 bits per heavy atom. The molecule has 2 unspecified atom stereocenters. The number of aliphatic hydroxyl groups is 2. The van der Waals surface area contributed by atoms with E-state index >= 15 is 0 Å². The molecule has 0 amide bonds. The summed E-state index contributed by atoms with van der Waals surface area (Å²) in [5.41, 5.74) is 3.86. The van der Waals surface area contributed by atoms with E-state index in [0.29, 0.717) is 5.75 Å². The minimum Gasteiger partial charge on any atom is -0.472 e. The van der Waals surface area contributed by atoms with Crippen LogP contribution in [0.1, 0.15) is 64.0 Å². The summed E-state index contributed by atoms with van der Waals surface area (Å²) in [5, 5.41) is 20.9. The standard InChI is InChI=1S/C19H28BNO3/c1-17(2,22)16(21)14-3-5-15(6-4-14)24-19(20,23)18-10-7-13(8-11-18)9-12-18/h3-6,13,16,22-23H,7-12,21H2,1-2H3. The number of rotatable bonds is 5. The zero-order valence-electron chi connectivity index (χ0n) is 14.7. The zero-order valence-corrected chi connectivity index (χ0v) is 14.7. The van der Waals surface area contributed by atoms with Crippen molar-refractivity contribution >= 4 is 7.85 Å². The number of fused-ring (bicyclic) bond motifs is 3. The van der Waals surface area contributed by atoms with Crippen LogP contribution < -0.4 is 10.5 Å². The predicted molar refractivity (Wildman–Crippen MR) is 94.6 cm³/mol. The molecule has 2 atom stereocenters. The van der Waals surface area contributed by atoms with E-state index in [4.69, 9.17) is 18.3 Å². The Bertz CT molecular complexity index is 557. The lowest BCUT2D eigenvalue weighted by Gasteiger charge is -2.53. The fraction of sp³-hybridized carbons (Fsp3) is 0.684. The molecule has 3 saturated carbocycles. The Kier molecular flexibility index (Phi) is 4.48. The summed E-state index contributed by atoms with van der Waals surface area (Å²) in [6, 6.07) is 6.64. The lowest BCUT2D eigenvalue weighted by Crippen LogP contribution is -2.57. The molecular weight excluding hydrogens is 301 g/mol. The SMILES string of the molecule is [B]C(O)(Oc1ccc(C(N)C(C)(C)O)cc1)C12CCC(CC1)CC2. The first-order chi connectivity index (χ1) is 11.1. The molecular formula is C19H28BNO3. The fourth-order valence-electron chi connectivity index (χ4n) is 4.23. The molecule has 4 N–H and O–H groups in total. The third kappa shape index (κ3) is 3.22. The average Bonchev–Trinajstić information content (AvgIpc) is 2.55. The minimum absolute atomic E-state index is 0.343. The highest BCUT2D eigenvalue weighted by atomic mass is 16.6. The van der Waals surface area contributed by atoms with Gasteiger partial charge in [0.25, 0.3) is 0 Å². The molecule has 4 nitrogen and oxygen atoms in total. The number of hydrogen-bond donors (Lipinski definition) is 3. The quantitative estimate of drug-likeness (QED) is 0.573. The second kappa shape index (κ2) is 6.04. The molecule has 4 rings (SSSR count). The topological polar surface area (TPSA) is 75.7 Å². The van der Waals surface area contributed by atoms with Crippen molar-refractivity contribution in [1.29, 1.82) is 0 Å². The van der Waals surface area contributed by atoms with Gasteiger partial charge in [0.2, 0.25) is 0 Å². The van der Waals surface area contributed by atoms with E-state index in [1.807, 2.05) is 12.1 Å². The van der Waals surface area contributed by atoms with Crippen LogP contribution in [-0.4, -0.2) is 29.3 Å². The summed E-state index contributed by atoms with van der Waals surface area (Å²) in [6.45, 7) is 3.36. The van der Waals surface area contributed by atoms with Gasteiger partial charge in [-0.1, -0.05) is 12.1 Å². The van der Waals surface area contributed by atoms with E-state index < -0.39 is 17.3 Å². The second-order valence-electron chi connectivity index (χ2n) is 8.26. The van der Waals surface area contributed by atoms with Crippen molar-refractivity contribution in [3.05, 3.63) is 29.8 Å². The van der Waals surface area contributed by atoms with Crippen LogP contribution in [-0.2, 0) is 0 Å². The molecule has 130 valence electrons. The average molecular weight is 329 g/mol. The van der Waals surface area contributed by atoms with Gasteiger partial charge in [-0.2, -0.15) is 0 Å². The third-order valence-electron chi connectivity index (χ3n) is 6.13. The highest BCUT2D eigenvalue weighted by Crippen LogP contribution is 2.55. The maximum Gasteiger partial charge on any atom is 0.173 e. The summed E-state index contributed by atoms with van der Waals surface area (Å²) in [6.07, 6.45) is 6.15. The van der Waals surface area contributed by atoms with Crippen molar-refractivity contribution < 1.29 is 14.9 Å². The maximum absolute atomic E-state index is 10.9. The van der Waals surface area contributed by atoms with E-state index in [-0.39, 0.29) is 5.41 Å². The highest BCUT2D eigenvalue weighted by Gasteiger charge is 2.52. The largest absolute Gasteiger partial charge is 0.472 e. The van der Waals surface area contributed by atoms with Gasteiger partial charge >= 0.3 is 0 Å². The minimum atomic E-state index is -1.65. The summed E-state index contributed by atoms with van der Waals surface area (Å²) in [4.78, 5) is 0. The smallest absolute Gasteiger partial charge is 0.173 e. The van der Waals surface area contributed by atoms with Gasteiger partial charge < -0.3 is 20.7 Å². The van der Waals surface area contributed by atoms with Crippen molar-refractivity contribution in [3.8, 4) is 5.75 Å². The Morgan fingerprint density at radius 1 is 1.12 bits per heavy atom. The van der Waals surface area contributed by atoms with E-state index in [2.05, 4.69) is 0 Å². The van der Waals surface area contributed by atoms with Crippen LogP contribution in [0.15, 0.2) is 24.3 Å². The van der Waals surface area contributed by atoms with Crippen LogP contribution in [0.4, 0.5) is 0 Å². The molecule has 0 heterocycles. The lowest BCUT2D eigenvalue weighted by atomic mass is 9.53. The Morgan fingerprint density at radius 2 is 1.62 bits per heavy atom. The van der Waals surface area contributed by atoms with E-state index in [1.165, 1.54) is 0 Å². The molecule has 0 aliphatic heterocycles. The van der Waals surface area contributed by atoms with Gasteiger partial charge in [0.05, 0.1) is 11.6 Å². The lowest BCUT2D eigenvalue weighted by molar-refractivity contribution is -0.191. The van der Waals surface area contributed by atoms with Crippen molar-refractivity contribution in [2.24, 2.45) is 17.1 Å². The van der Waals surface area contributed by atoms with Gasteiger partial charge in [-0.25, -0.2) is 0 Å². The van der Waals surface area contributed by atoms with E-state index in [9.17, 15) is 10.2 Å². The molecule has 3 fully saturated rings. The Balaban J connectivity index is 1.73. The van der Waals surface area contributed by atoms with Crippen LogP contribution in [0.25, 0.3) is 0 Å². The number of hydrogen-bond acceptors (Lipinski definition) is 4. The van der Waals surface area contributed by atoms with Gasteiger partial charge in [0.15, 0.2) is 13.5 Å². The number of ether oxygens (including phenoxy) is 1. The molecule has 1 aromatic rings. The van der Waals surface area contributed by atoms with Crippen LogP contribution in [0.3, 0.4) is 0 Å².